The van der Waals surface area contributed by atoms with Crippen molar-refractivity contribution in [3.05, 3.63) is 28.7 Å². The Morgan fingerprint density at radius 2 is 2.05 bits per heavy atom. The molecule has 0 aromatic carbocycles. The third kappa shape index (κ3) is 8.59. The van der Waals surface area contributed by atoms with E-state index in [-0.39, 0.29) is 60.2 Å². The first-order chi connectivity index (χ1) is 18.0. The van der Waals surface area contributed by atoms with Gasteiger partial charge in [0.1, 0.15) is 23.9 Å². The number of carbonyl (C=O) groups is 3. The second kappa shape index (κ2) is 15.3. The molecule has 0 spiro atoms. The number of aromatic nitrogens is 1. The molecule has 1 fully saturated rings. The number of aliphatic hydroxyl groups is 1. The predicted octanol–water partition coefficient (Wildman–Crippen LogP) is 3.29. The van der Waals surface area contributed by atoms with E-state index in [0.29, 0.717) is 6.42 Å². The van der Waals surface area contributed by atoms with Crippen LogP contribution in [0.15, 0.2) is 18.0 Å². The molecule has 0 bridgehead atoms. The molecule has 1 aromatic rings. The maximum atomic E-state index is 14.1. The number of nitrogens with one attached hydrogen (secondary N) is 1. The van der Waals surface area contributed by atoms with Crippen molar-refractivity contribution in [2.45, 2.75) is 84.0 Å². The topological polar surface area (TPSA) is 132 Å². The lowest BCUT2D eigenvalue weighted by atomic mass is 9.92. The Balaban J connectivity index is 2.33. The third-order valence-electron chi connectivity index (χ3n) is 7.26. The number of nitrogens with zero attached hydrogens (tertiary/aromatic N) is 3. The van der Waals surface area contributed by atoms with Crippen LogP contribution in [0.4, 0.5) is 0 Å². The second-order valence-corrected chi connectivity index (χ2v) is 11.3. The number of hydrogen-bond donors (Lipinski definition) is 3. The number of thiazole rings is 1. The first kappa shape index (κ1) is 31.9. The van der Waals surface area contributed by atoms with E-state index in [1.54, 1.807) is 11.0 Å². The van der Waals surface area contributed by atoms with Crippen LogP contribution in [0.5, 0.6) is 0 Å². The summed E-state index contributed by atoms with van der Waals surface area (Å²) in [5.74, 6) is -1.78. The molecule has 10 nitrogen and oxygen atoms in total. The van der Waals surface area contributed by atoms with Crippen LogP contribution >= 0.6 is 11.3 Å². The van der Waals surface area contributed by atoms with Crippen molar-refractivity contribution in [1.29, 1.82) is 0 Å². The van der Waals surface area contributed by atoms with Gasteiger partial charge in [0.15, 0.2) is 5.69 Å². The summed E-state index contributed by atoms with van der Waals surface area (Å²) in [7, 11) is 1.93. The van der Waals surface area contributed by atoms with E-state index in [1.807, 2.05) is 39.6 Å². The van der Waals surface area contributed by atoms with E-state index < -0.39 is 24.2 Å². The average Bonchev–Trinajstić information content (AvgIpc) is 3.39. The Labute approximate surface area is 230 Å². The van der Waals surface area contributed by atoms with Crippen molar-refractivity contribution >= 4 is 29.1 Å². The van der Waals surface area contributed by atoms with Gasteiger partial charge >= 0.3 is 5.97 Å². The van der Waals surface area contributed by atoms with Crippen LogP contribution < -0.4 is 5.32 Å². The molecule has 2 amide bonds. The first-order valence-corrected chi connectivity index (χ1v) is 14.3. The van der Waals surface area contributed by atoms with Crippen LogP contribution in [0.25, 0.3) is 0 Å². The van der Waals surface area contributed by atoms with Gasteiger partial charge in [0.05, 0.1) is 12.6 Å². The molecule has 2 heterocycles. The maximum Gasteiger partial charge on any atom is 0.355 e. The average molecular weight is 553 g/mol. The molecule has 1 saturated heterocycles. The number of aromatic carboxylic acids is 1. The van der Waals surface area contributed by atoms with Gasteiger partial charge in [0, 0.05) is 17.8 Å². The lowest BCUT2D eigenvalue weighted by molar-refractivity contribution is -0.148. The lowest BCUT2D eigenvalue weighted by Crippen LogP contribution is -2.59. The van der Waals surface area contributed by atoms with Crippen molar-refractivity contribution in [3.8, 4) is 0 Å². The Morgan fingerprint density at radius 3 is 2.61 bits per heavy atom. The minimum atomic E-state index is -1.16. The summed E-state index contributed by atoms with van der Waals surface area (Å²) in [5.41, 5.74) is -0.125. The van der Waals surface area contributed by atoms with E-state index in [0.717, 1.165) is 37.1 Å². The highest BCUT2D eigenvalue weighted by Gasteiger charge is 2.38. The lowest BCUT2D eigenvalue weighted by Gasteiger charge is -2.39. The second-order valence-electron chi connectivity index (χ2n) is 10.4. The number of aliphatic hydroxyl groups excluding tert-OH is 1. The molecule has 3 N–H and O–H groups in total. The number of rotatable bonds is 15. The molecule has 0 saturated carbocycles. The summed E-state index contributed by atoms with van der Waals surface area (Å²) >= 11 is 1.07. The minimum absolute atomic E-state index is 0.0369. The molecule has 5 atom stereocenters. The number of ether oxygens (including phenoxy) is 1. The van der Waals surface area contributed by atoms with E-state index in [4.69, 9.17) is 4.74 Å². The van der Waals surface area contributed by atoms with Crippen molar-refractivity contribution in [1.82, 2.24) is 20.1 Å². The normalized spacial score (nSPS) is 19.4. The monoisotopic (exact) mass is 552 g/mol. The highest BCUT2D eigenvalue weighted by molar-refractivity contribution is 7.09. The number of carboxylic acids is 1. The van der Waals surface area contributed by atoms with Gasteiger partial charge in [-0.1, -0.05) is 46.6 Å². The number of carboxylic acid groups (broad SMARTS) is 1. The number of likely N-dealkylation sites (N-methyl/N-ethyl adjacent to an activating group) is 1. The molecule has 38 heavy (non-hydrogen) atoms. The summed E-state index contributed by atoms with van der Waals surface area (Å²) in [4.78, 5) is 46.3. The van der Waals surface area contributed by atoms with Gasteiger partial charge in [-0.25, -0.2) is 9.78 Å². The van der Waals surface area contributed by atoms with Crippen LogP contribution in [-0.4, -0.2) is 87.8 Å². The van der Waals surface area contributed by atoms with Crippen LogP contribution in [-0.2, 0) is 14.3 Å². The zero-order valence-corrected chi connectivity index (χ0v) is 24.1. The molecule has 1 aromatic heterocycles. The number of likely N-dealkylation sites (tertiary alicyclic amines) is 1. The number of hydrogen-bond acceptors (Lipinski definition) is 8. The van der Waals surface area contributed by atoms with Gasteiger partial charge in [0.25, 0.3) is 0 Å². The number of amides is 2. The zero-order valence-electron chi connectivity index (χ0n) is 23.3. The van der Waals surface area contributed by atoms with Crippen LogP contribution in [0, 0.1) is 11.8 Å². The Hall–Kier alpha value is -2.34. The van der Waals surface area contributed by atoms with E-state index in [1.165, 1.54) is 5.38 Å². The summed E-state index contributed by atoms with van der Waals surface area (Å²) in [6.07, 6.45) is 4.13. The fourth-order valence-electron chi connectivity index (χ4n) is 4.70. The molecule has 2 rings (SSSR count). The van der Waals surface area contributed by atoms with Gasteiger partial charge in [-0.3, -0.25) is 14.5 Å². The fourth-order valence-corrected chi connectivity index (χ4v) is 5.49. The smallest absolute Gasteiger partial charge is 0.355 e. The van der Waals surface area contributed by atoms with Crippen molar-refractivity contribution < 1.29 is 29.3 Å². The van der Waals surface area contributed by atoms with Crippen molar-refractivity contribution in [2.75, 3.05) is 26.9 Å². The van der Waals surface area contributed by atoms with Crippen molar-refractivity contribution in [2.24, 2.45) is 11.8 Å². The zero-order chi connectivity index (χ0) is 28.4. The highest BCUT2D eigenvalue weighted by atomic mass is 32.1. The molecule has 214 valence electrons. The summed E-state index contributed by atoms with van der Waals surface area (Å²) in [6, 6.07) is -1.49. The Kier molecular flexibility index (Phi) is 12.8. The van der Waals surface area contributed by atoms with E-state index in [2.05, 4.69) is 16.9 Å². The number of piperidine rings is 1. The first-order valence-electron chi connectivity index (χ1n) is 13.4. The third-order valence-corrected chi connectivity index (χ3v) is 8.21. The highest BCUT2D eigenvalue weighted by Crippen LogP contribution is 2.28. The van der Waals surface area contributed by atoms with Gasteiger partial charge in [-0.05, 0) is 38.3 Å². The van der Waals surface area contributed by atoms with Crippen molar-refractivity contribution in [3.63, 3.8) is 0 Å². The molecule has 1 aliphatic rings. The molecule has 11 heteroatoms. The molecule has 0 unspecified atom stereocenters. The minimum Gasteiger partial charge on any atom is -0.476 e. The Bertz CT molecular complexity index is 938. The van der Waals surface area contributed by atoms with E-state index >= 15 is 0 Å². The molecule has 0 aliphatic carbocycles. The van der Waals surface area contributed by atoms with Gasteiger partial charge in [-0.2, -0.15) is 0 Å². The largest absolute Gasteiger partial charge is 0.476 e. The maximum absolute atomic E-state index is 14.1. The molecular weight excluding hydrogens is 508 g/mol. The quantitative estimate of drug-likeness (QED) is 0.172. The molecular formula is C27H44N4O6S. The summed E-state index contributed by atoms with van der Waals surface area (Å²) in [5, 5.41) is 24.9. The van der Waals surface area contributed by atoms with Crippen LogP contribution in [0.3, 0.4) is 0 Å². The number of carbonyl (C=O) groups excluding carboxylic acids is 2. The fraction of sp³-hybridized carbons (Fsp3) is 0.704. The summed E-state index contributed by atoms with van der Waals surface area (Å²) in [6.45, 7) is 12.5. The van der Waals surface area contributed by atoms with Crippen LogP contribution in [0.2, 0.25) is 0 Å². The van der Waals surface area contributed by atoms with Gasteiger partial charge in [-0.15, -0.1) is 17.9 Å². The van der Waals surface area contributed by atoms with Gasteiger partial charge in [0.2, 0.25) is 11.8 Å². The predicted molar refractivity (Wildman–Crippen MR) is 147 cm³/mol. The molecule has 0 radical (unpaired) electrons. The SMILES string of the molecule is C=CCOCN(C(=O)[C@@H](NC(=O)[C@H]1CCCCN1C)[C@@H](C)CC)[C@H](C[C@@H](O)c1nc(C(=O)O)cs1)C(C)C. The van der Waals surface area contributed by atoms with Crippen LogP contribution in [0.1, 0.15) is 81.4 Å². The Morgan fingerprint density at radius 1 is 1.34 bits per heavy atom. The summed E-state index contributed by atoms with van der Waals surface area (Å²) < 4.78 is 5.72. The molecule has 1 aliphatic heterocycles. The standard InChI is InChI=1S/C27H44N4O6S/c1-7-13-37-16-31(21(17(3)4)14-22(32)25-28-19(15-38-25)27(35)36)26(34)23(18(5)8-2)29-24(33)20-11-9-10-12-30(20)6/h7,15,17-18,20-23,32H,1,8-14,16H2,2-6H3,(H,29,33)(H,35,36)/t18-,20+,21+,22+,23-/m0/s1. The van der Waals surface area contributed by atoms with E-state index in [9.17, 15) is 24.6 Å². The van der Waals surface area contributed by atoms with Gasteiger partial charge < -0.3 is 25.2 Å².